The zero-order chi connectivity index (χ0) is 13.9. The summed E-state index contributed by atoms with van der Waals surface area (Å²) in [6.45, 7) is 0. The van der Waals surface area contributed by atoms with Crippen LogP contribution in [0.5, 0.6) is 11.5 Å². The number of rotatable bonds is 3. The molecular weight excluding hydrogens is 259 g/mol. The Morgan fingerprint density at radius 3 is 2.63 bits per heavy atom. The first-order chi connectivity index (χ1) is 8.99. The van der Waals surface area contributed by atoms with Gasteiger partial charge in [-0.2, -0.15) is 0 Å². The second kappa shape index (κ2) is 5.17. The molecule has 0 unspecified atom stereocenters. The number of pyridine rings is 1. The van der Waals surface area contributed by atoms with E-state index in [2.05, 4.69) is 9.72 Å². The summed E-state index contributed by atoms with van der Waals surface area (Å²) in [6, 6.07) is 7.35. The van der Waals surface area contributed by atoms with E-state index in [4.69, 9.17) is 4.74 Å². The molecule has 3 nitrogen and oxygen atoms in total. The van der Waals surface area contributed by atoms with Crippen molar-refractivity contribution in [3.8, 4) is 22.6 Å². The molecule has 0 saturated heterocycles. The Morgan fingerprint density at radius 1 is 1.16 bits per heavy atom. The Morgan fingerprint density at radius 2 is 1.95 bits per heavy atom. The van der Waals surface area contributed by atoms with Gasteiger partial charge in [0.15, 0.2) is 0 Å². The topological polar surface area (TPSA) is 31.4 Å². The molecule has 0 spiro atoms. The summed E-state index contributed by atoms with van der Waals surface area (Å²) in [5.41, 5.74) is 1.20. The zero-order valence-corrected chi connectivity index (χ0v) is 9.94. The van der Waals surface area contributed by atoms with Gasteiger partial charge in [-0.25, -0.2) is 0 Å². The van der Waals surface area contributed by atoms with Gasteiger partial charge in [-0.3, -0.25) is 4.98 Å². The third kappa shape index (κ3) is 3.37. The lowest BCUT2D eigenvalue weighted by atomic mass is 10.1. The van der Waals surface area contributed by atoms with Crippen molar-refractivity contribution in [1.82, 2.24) is 4.98 Å². The number of aromatic nitrogens is 1. The predicted molar refractivity (Wildman–Crippen MR) is 62.9 cm³/mol. The van der Waals surface area contributed by atoms with Crippen LogP contribution in [0.15, 0.2) is 42.7 Å². The monoisotopic (exact) mass is 269 g/mol. The van der Waals surface area contributed by atoms with Crippen molar-refractivity contribution < 1.29 is 22.6 Å². The maximum atomic E-state index is 12.2. The van der Waals surface area contributed by atoms with Gasteiger partial charge in [0.25, 0.3) is 0 Å². The molecule has 6 heteroatoms. The molecule has 0 atom stereocenters. The summed E-state index contributed by atoms with van der Waals surface area (Å²) >= 11 is 0. The van der Waals surface area contributed by atoms with Crippen LogP contribution in [0.3, 0.4) is 0 Å². The van der Waals surface area contributed by atoms with Crippen molar-refractivity contribution >= 4 is 0 Å². The molecule has 100 valence electrons. The maximum Gasteiger partial charge on any atom is 0.573 e. The van der Waals surface area contributed by atoms with Crippen LogP contribution < -0.4 is 9.47 Å². The van der Waals surface area contributed by atoms with Crippen LogP contribution >= 0.6 is 0 Å². The summed E-state index contributed by atoms with van der Waals surface area (Å²) in [5.74, 6) is 0.204. The third-order valence-corrected chi connectivity index (χ3v) is 2.38. The average molecular weight is 269 g/mol. The normalized spacial score (nSPS) is 11.2. The molecule has 0 amide bonds. The fourth-order valence-electron chi connectivity index (χ4n) is 1.64. The quantitative estimate of drug-likeness (QED) is 0.852. The maximum absolute atomic E-state index is 12.2. The van der Waals surface area contributed by atoms with Crippen molar-refractivity contribution in [2.75, 3.05) is 7.11 Å². The minimum absolute atomic E-state index is 0.274. The van der Waals surface area contributed by atoms with E-state index in [1.165, 1.54) is 37.7 Å². The molecule has 0 saturated carbocycles. The van der Waals surface area contributed by atoms with Gasteiger partial charge in [0, 0.05) is 11.8 Å². The molecule has 0 bridgehead atoms. The zero-order valence-electron chi connectivity index (χ0n) is 9.94. The van der Waals surface area contributed by atoms with Gasteiger partial charge in [0.05, 0.1) is 13.3 Å². The Bertz CT molecular complexity index is 570. The highest BCUT2D eigenvalue weighted by atomic mass is 19.4. The Hall–Kier alpha value is -2.24. The molecule has 1 aromatic heterocycles. The molecule has 0 N–H and O–H groups in total. The van der Waals surface area contributed by atoms with Crippen molar-refractivity contribution in [1.29, 1.82) is 0 Å². The van der Waals surface area contributed by atoms with E-state index in [1.807, 2.05) is 0 Å². The Labute approximate surface area is 107 Å². The van der Waals surface area contributed by atoms with E-state index in [9.17, 15) is 13.2 Å². The molecule has 19 heavy (non-hydrogen) atoms. The predicted octanol–water partition coefficient (Wildman–Crippen LogP) is 3.66. The van der Waals surface area contributed by atoms with Crippen LogP contribution in [0, 0.1) is 0 Å². The van der Waals surface area contributed by atoms with Crippen LogP contribution in [-0.4, -0.2) is 18.5 Å². The highest BCUT2D eigenvalue weighted by Gasteiger charge is 2.31. The summed E-state index contributed by atoms with van der Waals surface area (Å²) in [4.78, 5) is 3.89. The minimum Gasteiger partial charge on any atom is -0.494 e. The molecule has 2 aromatic rings. The highest BCUT2D eigenvalue weighted by Crippen LogP contribution is 2.32. The number of nitrogens with zero attached hydrogens (tertiary/aromatic N) is 1. The Balaban J connectivity index is 2.38. The van der Waals surface area contributed by atoms with Crippen LogP contribution in [0.2, 0.25) is 0 Å². The molecule has 2 rings (SSSR count). The second-order valence-electron chi connectivity index (χ2n) is 3.65. The van der Waals surface area contributed by atoms with Crippen molar-refractivity contribution in [2.24, 2.45) is 0 Å². The summed E-state index contributed by atoms with van der Waals surface area (Å²) in [5, 5.41) is 0. The van der Waals surface area contributed by atoms with E-state index >= 15 is 0 Å². The summed E-state index contributed by atoms with van der Waals surface area (Å²) in [6.07, 6.45) is -1.68. The summed E-state index contributed by atoms with van der Waals surface area (Å²) < 4.78 is 45.5. The van der Waals surface area contributed by atoms with Crippen molar-refractivity contribution in [3.05, 3.63) is 42.7 Å². The SMILES string of the molecule is COc1cnccc1-c1cccc(OC(F)(F)F)c1. The smallest absolute Gasteiger partial charge is 0.494 e. The minimum atomic E-state index is -4.71. The third-order valence-electron chi connectivity index (χ3n) is 2.38. The number of ether oxygens (including phenoxy) is 2. The van der Waals surface area contributed by atoms with E-state index in [0.29, 0.717) is 16.9 Å². The van der Waals surface area contributed by atoms with Gasteiger partial charge in [-0.15, -0.1) is 13.2 Å². The first kappa shape index (κ1) is 13.2. The number of hydrogen-bond acceptors (Lipinski definition) is 3. The molecular formula is C13H10F3NO2. The first-order valence-electron chi connectivity index (χ1n) is 5.34. The van der Waals surface area contributed by atoms with Gasteiger partial charge in [0.1, 0.15) is 11.5 Å². The fourth-order valence-corrected chi connectivity index (χ4v) is 1.64. The standard InChI is InChI=1S/C13H10F3NO2/c1-18-12-8-17-6-5-11(12)9-3-2-4-10(7-9)19-13(14,15)16/h2-8H,1H3. The molecule has 0 aliphatic heterocycles. The van der Waals surface area contributed by atoms with Gasteiger partial charge < -0.3 is 9.47 Å². The van der Waals surface area contributed by atoms with E-state index in [-0.39, 0.29) is 5.75 Å². The second-order valence-corrected chi connectivity index (χ2v) is 3.65. The largest absolute Gasteiger partial charge is 0.573 e. The molecule has 0 aliphatic rings. The number of alkyl halides is 3. The number of hydrogen-bond donors (Lipinski definition) is 0. The molecule has 0 aliphatic carbocycles. The molecule has 0 radical (unpaired) electrons. The lowest BCUT2D eigenvalue weighted by Gasteiger charge is -2.11. The van der Waals surface area contributed by atoms with Gasteiger partial charge in [-0.05, 0) is 23.8 Å². The number of halogens is 3. The van der Waals surface area contributed by atoms with Crippen LogP contribution in [0.4, 0.5) is 13.2 Å². The molecule has 1 heterocycles. The van der Waals surface area contributed by atoms with Crippen molar-refractivity contribution in [2.45, 2.75) is 6.36 Å². The van der Waals surface area contributed by atoms with Crippen molar-refractivity contribution in [3.63, 3.8) is 0 Å². The van der Waals surface area contributed by atoms with E-state index in [0.717, 1.165) is 0 Å². The van der Waals surface area contributed by atoms with Crippen LogP contribution in [-0.2, 0) is 0 Å². The van der Waals surface area contributed by atoms with Gasteiger partial charge >= 0.3 is 6.36 Å². The van der Waals surface area contributed by atoms with Gasteiger partial charge in [-0.1, -0.05) is 12.1 Å². The number of methoxy groups -OCH3 is 1. The molecule has 0 fully saturated rings. The first-order valence-corrected chi connectivity index (χ1v) is 5.34. The van der Waals surface area contributed by atoms with E-state index < -0.39 is 6.36 Å². The Kier molecular flexibility index (Phi) is 3.59. The van der Waals surface area contributed by atoms with Crippen LogP contribution in [0.1, 0.15) is 0 Å². The van der Waals surface area contributed by atoms with Crippen LogP contribution in [0.25, 0.3) is 11.1 Å². The van der Waals surface area contributed by atoms with Gasteiger partial charge in [0.2, 0.25) is 0 Å². The van der Waals surface area contributed by atoms with E-state index in [1.54, 1.807) is 12.1 Å². The lowest BCUT2D eigenvalue weighted by Crippen LogP contribution is -2.17. The lowest BCUT2D eigenvalue weighted by molar-refractivity contribution is -0.274. The highest BCUT2D eigenvalue weighted by molar-refractivity contribution is 5.70. The number of benzene rings is 1. The summed E-state index contributed by atoms with van der Waals surface area (Å²) in [7, 11) is 1.47. The fraction of sp³-hybridized carbons (Fsp3) is 0.154. The molecule has 1 aromatic carbocycles. The average Bonchev–Trinajstić information content (AvgIpc) is 2.37.